The fourth-order valence-corrected chi connectivity index (χ4v) is 4.00. The van der Waals surface area contributed by atoms with Crippen molar-refractivity contribution in [3.05, 3.63) is 17.0 Å². The summed E-state index contributed by atoms with van der Waals surface area (Å²) in [5, 5.41) is 13.8. The molecule has 1 aromatic rings. The van der Waals surface area contributed by atoms with Crippen LogP contribution in [0.3, 0.4) is 0 Å². The maximum atomic E-state index is 9.48. The molecule has 0 spiro atoms. The third kappa shape index (κ3) is 3.33. The largest absolute Gasteiger partial charge is 0.396 e. The smallest absolute Gasteiger partial charge is 0.146 e. The van der Waals surface area contributed by atoms with E-state index < -0.39 is 0 Å². The van der Waals surface area contributed by atoms with Crippen molar-refractivity contribution in [2.75, 3.05) is 6.61 Å². The third-order valence-electron chi connectivity index (χ3n) is 5.37. The summed E-state index contributed by atoms with van der Waals surface area (Å²) in [4.78, 5) is 0. The van der Waals surface area contributed by atoms with Gasteiger partial charge in [-0.25, -0.2) is 0 Å². The first-order valence-corrected chi connectivity index (χ1v) is 8.62. The summed E-state index contributed by atoms with van der Waals surface area (Å²) in [5.41, 5.74) is 2.39. The molecule has 1 atom stereocenters. The topological polar surface area (TPSA) is 46.3 Å². The van der Waals surface area contributed by atoms with E-state index in [9.17, 15) is 5.11 Å². The van der Waals surface area contributed by atoms with Crippen molar-refractivity contribution in [3.63, 3.8) is 0 Å². The van der Waals surface area contributed by atoms with E-state index in [4.69, 9.17) is 4.52 Å². The Morgan fingerprint density at radius 2 is 2.10 bits per heavy atom. The Morgan fingerprint density at radius 3 is 2.67 bits per heavy atom. The Kier molecular flexibility index (Phi) is 5.48. The molecule has 0 aliphatic heterocycles. The number of hydrogen-bond donors (Lipinski definition) is 1. The molecule has 3 heteroatoms. The number of rotatable bonds is 8. The fraction of sp³-hybridized carbons (Fsp3) is 0.833. The first-order valence-electron chi connectivity index (χ1n) is 8.62. The van der Waals surface area contributed by atoms with E-state index in [0.29, 0.717) is 0 Å². The van der Waals surface area contributed by atoms with E-state index in [1.165, 1.54) is 18.4 Å². The number of aromatic nitrogens is 1. The molecule has 1 N–H and O–H groups in total. The van der Waals surface area contributed by atoms with Gasteiger partial charge in [0, 0.05) is 17.6 Å². The van der Waals surface area contributed by atoms with Crippen molar-refractivity contribution >= 4 is 0 Å². The lowest BCUT2D eigenvalue weighted by atomic mass is 9.56. The lowest BCUT2D eigenvalue weighted by Gasteiger charge is -2.47. The van der Waals surface area contributed by atoms with Crippen LogP contribution in [0.5, 0.6) is 0 Å². The second kappa shape index (κ2) is 6.95. The maximum Gasteiger partial charge on any atom is 0.146 e. The van der Waals surface area contributed by atoms with Crippen LogP contribution < -0.4 is 0 Å². The maximum absolute atomic E-state index is 9.48. The molecule has 120 valence electrons. The van der Waals surface area contributed by atoms with Crippen LogP contribution in [0.2, 0.25) is 0 Å². The zero-order valence-electron chi connectivity index (χ0n) is 14.1. The fourth-order valence-electron chi connectivity index (χ4n) is 4.00. The predicted molar refractivity (Wildman–Crippen MR) is 85.4 cm³/mol. The molecule has 0 amide bonds. The van der Waals surface area contributed by atoms with E-state index in [1.54, 1.807) is 0 Å². The van der Waals surface area contributed by atoms with Gasteiger partial charge in [-0.2, -0.15) is 0 Å². The number of aryl methyl sites for hydroxylation is 1. The van der Waals surface area contributed by atoms with Crippen molar-refractivity contribution in [2.45, 2.75) is 78.1 Å². The Balaban J connectivity index is 2.10. The van der Waals surface area contributed by atoms with Gasteiger partial charge in [0.05, 0.1) is 5.69 Å². The summed E-state index contributed by atoms with van der Waals surface area (Å²) in [6.07, 6.45) is 7.76. The van der Waals surface area contributed by atoms with Crippen LogP contribution in [0, 0.1) is 18.8 Å². The molecule has 1 heterocycles. The van der Waals surface area contributed by atoms with Crippen LogP contribution in [-0.4, -0.2) is 16.9 Å². The molecule has 0 bridgehead atoms. The second-order valence-electron chi connectivity index (χ2n) is 7.11. The van der Waals surface area contributed by atoms with E-state index in [-0.39, 0.29) is 12.0 Å². The van der Waals surface area contributed by atoms with Gasteiger partial charge in [0.25, 0.3) is 0 Å². The highest BCUT2D eigenvalue weighted by Crippen LogP contribution is 2.53. The zero-order chi connectivity index (χ0) is 15.5. The standard InChI is InChI=1S/C18H31NO2/c1-5-7-16-14(4)17(21-19-16)18(8-9-20)11-15(12-18)10-13(3)6-2/h13,15,20H,5-12H2,1-4H3. The summed E-state index contributed by atoms with van der Waals surface area (Å²) >= 11 is 0. The summed E-state index contributed by atoms with van der Waals surface area (Å²) in [6, 6.07) is 0. The summed E-state index contributed by atoms with van der Waals surface area (Å²) in [6.45, 7) is 9.15. The number of aliphatic hydroxyl groups is 1. The zero-order valence-corrected chi connectivity index (χ0v) is 14.1. The number of aliphatic hydroxyl groups excluding tert-OH is 1. The minimum Gasteiger partial charge on any atom is -0.396 e. The molecule has 0 aromatic carbocycles. The average molecular weight is 293 g/mol. The lowest BCUT2D eigenvalue weighted by molar-refractivity contribution is 0.0612. The van der Waals surface area contributed by atoms with Crippen LogP contribution in [-0.2, 0) is 11.8 Å². The molecule has 3 nitrogen and oxygen atoms in total. The minimum absolute atomic E-state index is 0.0515. The highest BCUT2D eigenvalue weighted by molar-refractivity contribution is 5.31. The molecule has 1 saturated carbocycles. The molecule has 1 unspecified atom stereocenters. The van der Waals surface area contributed by atoms with Crippen molar-refractivity contribution in [1.29, 1.82) is 0 Å². The molecule has 21 heavy (non-hydrogen) atoms. The van der Waals surface area contributed by atoms with Gasteiger partial charge in [0.15, 0.2) is 0 Å². The predicted octanol–water partition coefficient (Wildman–Crippen LogP) is 4.40. The minimum atomic E-state index is 0.0515. The third-order valence-corrected chi connectivity index (χ3v) is 5.37. The normalized spacial score (nSPS) is 26.6. The van der Waals surface area contributed by atoms with Crippen LogP contribution >= 0.6 is 0 Å². The van der Waals surface area contributed by atoms with Gasteiger partial charge < -0.3 is 9.63 Å². The molecule has 0 radical (unpaired) electrons. The van der Waals surface area contributed by atoms with E-state index >= 15 is 0 Å². The van der Waals surface area contributed by atoms with Crippen molar-refractivity contribution < 1.29 is 9.63 Å². The van der Waals surface area contributed by atoms with Gasteiger partial charge in [-0.1, -0.05) is 38.8 Å². The van der Waals surface area contributed by atoms with Gasteiger partial charge in [-0.3, -0.25) is 0 Å². The van der Waals surface area contributed by atoms with Crippen LogP contribution in [0.1, 0.15) is 76.3 Å². The highest BCUT2D eigenvalue weighted by Gasteiger charge is 2.48. The Morgan fingerprint density at radius 1 is 1.38 bits per heavy atom. The van der Waals surface area contributed by atoms with E-state index in [0.717, 1.165) is 55.4 Å². The molecule has 1 fully saturated rings. The monoisotopic (exact) mass is 293 g/mol. The van der Waals surface area contributed by atoms with Crippen molar-refractivity contribution in [2.24, 2.45) is 11.8 Å². The first-order chi connectivity index (χ1) is 10.1. The Bertz CT molecular complexity index is 446. The van der Waals surface area contributed by atoms with Gasteiger partial charge in [0.1, 0.15) is 5.76 Å². The lowest BCUT2D eigenvalue weighted by Crippen LogP contribution is -2.42. The SMILES string of the molecule is CCCc1noc(C2(CCO)CC(CC(C)CC)C2)c1C. The van der Waals surface area contributed by atoms with Gasteiger partial charge in [-0.05, 0) is 50.9 Å². The van der Waals surface area contributed by atoms with Gasteiger partial charge in [-0.15, -0.1) is 0 Å². The summed E-state index contributed by atoms with van der Waals surface area (Å²) < 4.78 is 5.73. The second-order valence-corrected chi connectivity index (χ2v) is 7.11. The molecule has 1 aromatic heterocycles. The van der Waals surface area contributed by atoms with Crippen LogP contribution in [0.25, 0.3) is 0 Å². The molecule has 1 aliphatic carbocycles. The molecular formula is C18H31NO2. The summed E-state index contributed by atoms with van der Waals surface area (Å²) in [5.74, 6) is 2.64. The van der Waals surface area contributed by atoms with E-state index in [1.807, 2.05) is 0 Å². The van der Waals surface area contributed by atoms with Gasteiger partial charge >= 0.3 is 0 Å². The molecule has 1 aliphatic rings. The number of hydrogen-bond acceptors (Lipinski definition) is 3. The van der Waals surface area contributed by atoms with Crippen molar-refractivity contribution in [1.82, 2.24) is 5.16 Å². The molecule has 0 saturated heterocycles. The number of nitrogens with zero attached hydrogens (tertiary/aromatic N) is 1. The highest BCUT2D eigenvalue weighted by atomic mass is 16.5. The van der Waals surface area contributed by atoms with E-state index in [2.05, 4.69) is 32.9 Å². The molecular weight excluding hydrogens is 262 g/mol. The average Bonchev–Trinajstić information content (AvgIpc) is 2.78. The first kappa shape index (κ1) is 16.5. The summed E-state index contributed by atoms with van der Waals surface area (Å²) in [7, 11) is 0. The van der Waals surface area contributed by atoms with Crippen LogP contribution in [0.15, 0.2) is 4.52 Å². The Hall–Kier alpha value is -0.830. The van der Waals surface area contributed by atoms with Crippen molar-refractivity contribution in [3.8, 4) is 0 Å². The van der Waals surface area contributed by atoms with Crippen LogP contribution in [0.4, 0.5) is 0 Å². The Labute approximate surface area is 129 Å². The van der Waals surface area contributed by atoms with Gasteiger partial charge in [0.2, 0.25) is 0 Å². The quantitative estimate of drug-likeness (QED) is 0.772. The molecule has 2 rings (SSSR count).